The van der Waals surface area contributed by atoms with E-state index in [0.717, 1.165) is 4.90 Å². The van der Waals surface area contributed by atoms with Crippen molar-refractivity contribution < 1.29 is 19.5 Å². The first-order valence-electron chi connectivity index (χ1n) is 6.17. The first-order chi connectivity index (χ1) is 9.86. The van der Waals surface area contributed by atoms with Crippen LogP contribution in [0.3, 0.4) is 0 Å². The van der Waals surface area contributed by atoms with Gasteiger partial charge >= 0.3 is 12.0 Å². The van der Waals surface area contributed by atoms with Gasteiger partial charge in [0, 0.05) is 13.6 Å². The fraction of sp³-hybridized carbons (Fsp3) is 0.308. The minimum atomic E-state index is -1.25. The van der Waals surface area contributed by atoms with Gasteiger partial charge in [0.05, 0.1) is 10.7 Å². The number of carboxylic acid groups (broad SMARTS) is 1. The molecule has 3 amide bonds. The molecule has 0 saturated heterocycles. The van der Waals surface area contributed by atoms with E-state index in [1.54, 1.807) is 6.92 Å². The number of carbonyl (C=O) groups excluding carboxylic acids is 2. The summed E-state index contributed by atoms with van der Waals surface area (Å²) in [5.74, 6) is -1.55. The summed E-state index contributed by atoms with van der Waals surface area (Å²) in [4.78, 5) is 35.6. The second-order valence-electron chi connectivity index (χ2n) is 4.21. The Balaban J connectivity index is 2.82. The summed E-state index contributed by atoms with van der Waals surface area (Å²) in [5, 5.41) is 14.1. The number of likely N-dealkylation sites (N-methyl/N-ethyl adjacent to an activating group) is 2. The number of carbonyl (C=O) groups is 3. The van der Waals surface area contributed by atoms with Crippen LogP contribution in [0.15, 0.2) is 18.2 Å². The molecule has 1 rings (SSSR count). The van der Waals surface area contributed by atoms with Gasteiger partial charge in [0.1, 0.15) is 12.1 Å². The van der Waals surface area contributed by atoms with E-state index < -0.39 is 12.0 Å². The molecule has 0 atom stereocenters. The number of aromatic carboxylic acids is 1. The molecule has 3 N–H and O–H groups in total. The molecule has 7 nitrogen and oxygen atoms in total. The zero-order valence-electron chi connectivity index (χ0n) is 11.6. The van der Waals surface area contributed by atoms with Crippen molar-refractivity contribution in [3.05, 3.63) is 28.8 Å². The second-order valence-corrected chi connectivity index (χ2v) is 4.61. The molecule has 0 aromatic heterocycles. The normalized spacial score (nSPS) is 9.86. The molecular formula is C13H16ClN3O4. The van der Waals surface area contributed by atoms with E-state index in [9.17, 15) is 14.4 Å². The van der Waals surface area contributed by atoms with Crippen molar-refractivity contribution in [2.45, 2.75) is 6.92 Å². The van der Waals surface area contributed by atoms with E-state index in [1.807, 2.05) is 0 Å². The zero-order chi connectivity index (χ0) is 16.0. The van der Waals surface area contributed by atoms with Crippen molar-refractivity contribution in [2.24, 2.45) is 0 Å². The topological polar surface area (TPSA) is 98.7 Å². The quantitative estimate of drug-likeness (QED) is 0.769. The molecule has 0 bridgehead atoms. The fourth-order valence-electron chi connectivity index (χ4n) is 1.60. The average molecular weight is 314 g/mol. The maximum Gasteiger partial charge on any atom is 0.339 e. The first-order valence-corrected chi connectivity index (χ1v) is 6.55. The molecule has 0 unspecified atom stereocenters. The van der Waals surface area contributed by atoms with Gasteiger partial charge in [-0.3, -0.25) is 4.79 Å². The molecule has 0 saturated carbocycles. The van der Waals surface area contributed by atoms with E-state index >= 15 is 0 Å². The molecule has 0 fully saturated rings. The predicted molar refractivity (Wildman–Crippen MR) is 78.7 cm³/mol. The van der Waals surface area contributed by atoms with Gasteiger partial charge in [-0.05, 0) is 19.1 Å². The lowest BCUT2D eigenvalue weighted by atomic mass is 10.2. The maximum atomic E-state index is 11.9. The number of urea groups is 1. The average Bonchev–Trinajstić information content (AvgIpc) is 2.38. The van der Waals surface area contributed by atoms with E-state index in [4.69, 9.17) is 16.7 Å². The third kappa shape index (κ3) is 4.64. The summed E-state index contributed by atoms with van der Waals surface area (Å²) in [5.41, 5.74) is -0.123. The second kappa shape index (κ2) is 7.49. The monoisotopic (exact) mass is 313 g/mol. The van der Waals surface area contributed by atoms with Crippen molar-refractivity contribution in [3.8, 4) is 0 Å². The molecule has 0 aliphatic heterocycles. The van der Waals surface area contributed by atoms with E-state index in [2.05, 4.69) is 10.6 Å². The molecule has 0 radical (unpaired) electrons. The Hall–Kier alpha value is -2.28. The Morgan fingerprint density at radius 1 is 1.33 bits per heavy atom. The SMILES string of the molecule is CCNC(=O)CN(C)C(=O)Nc1cccc(Cl)c1C(=O)O. The highest BCUT2D eigenvalue weighted by molar-refractivity contribution is 6.34. The van der Waals surface area contributed by atoms with Crippen LogP contribution < -0.4 is 10.6 Å². The highest BCUT2D eigenvalue weighted by Gasteiger charge is 2.18. The number of nitrogens with one attached hydrogen (secondary N) is 2. The summed E-state index contributed by atoms with van der Waals surface area (Å²) in [6.07, 6.45) is 0. The smallest absolute Gasteiger partial charge is 0.339 e. The number of hydrogen-bond acceptors (Lipinski definition) is 3. The lowest BCUT2D eigenvalue weighted by Crippen LogP contribution is -2.40. The summed E-state index contributed by atoms with van der Waals surface area (Å²) in [7, 11) is 1.43. The minimum absolute atomic E-state index is 0.0201. The summed E-state index contributed by atoms with van der Waals surface area (Å²) < 4.78 is 0. The molecule has 21 heavy (non-hydrogen) atoms. The van der Waals surface area contributed by atoms with Crippen LogP contribution in [0.2, 0.25) is 5.02 Å². The Labute approximate surface area is 126 Å². The highest BCUT2D eigenvalue weighted by atomic mass is 35.5. The fourth-order valence-corrected chi connectivity index (χ4v) is 1.85. The Kier molecular flexibility index (Phi) is 5.98. The summed E-state index contributed by atoms with van der Waals surface area (Å²) in [6.45, 7) is 2.09. The molecule has 0 aliphatic carbocycles. The van der Waals surface area contributed by atoms with E-state index in [1.165, 1.54) is 25.2 Å². The third-order valence-electron chi connectivity index (χ3n) is 2.57. The predicted octanol–water partition coefficient (Wildman–Crippen LogP) is 1.64. The van der Waals surface area contributed by atoms with Gasteiger partial charge in [-0.25, -0.2) is 9.59 Å². The third-order valence-corrected chi connectivity index (χ3v) is 2.89. The number of halogens is 1. The van der Waals surface area contributed by atoms with Crippen LogP contribution in [-0.4, -0.2) is 48.1 Å². The molecule has 8 heteroatoms. The molecule has 0 aliphatic rings. The van der Waals surface area contributed by atoms with Crippen molar-refractivity contribution >= 4 is 35.2 Å². The lowest BCUT2D eigenvalue weighted by Gasteiger charge is -2.18. The Bertz CT molecular complexity index is 562. The van der Waals surface area contributed by atoms with Crippen LogP contribution in [-0.2, 0) is 4.79 Å². The summed E-state index contributed by atoms with van der Waals surface area (Å²) >= 11 is 5.80. The molecular weight excluding hydrogens is 298 g/mol. The van der Waals surface area contributed by atoms with Gasteiger partial charge in [0.15, 0.2) is 0 Å². The van der Waals surface area contributed by atoms with Crippen LogP contribution in [0.5, 0.6) is 0 Å². The van der Waals surface area contributed by atoms with Crippen LogP contribution in [0.4, 0.5) is 10.5 Å². The summed E-state index contributed by atoms with van der Waals surface area (Å²) in [6, 6.07) is 3.76. The largest absolute Gasteiger partial charge is 0.478 e. The number of nitrogens with zero attached hydrogens (tertiary/aromatic N) is 1. The van der Waals surface area contributed by atoms with Crippen LogP contribution >= 0.6 is 11.6 Å². The minimum Gasteiger partial charge on any atom is -0.478 e. The Morgan fingerprint density at radius 3 is 2.57 bits per heavy atom. The number of amides is 3. The maximum absolute atomic E-state index is 11.9. The number of hydrogen-bond donors (Lipinski definition) is 3. The van der Waals surface area contributed by atoms with Crippen LogP contribution in [0, 0.1) is 0 Å². The molecule has 1 aromatic carbocycles. The molecule has 0 spiro atoms. The van der Waals surface area contributed by atoms with E-state index in [0.29, 0.717) is 6.54 Å². The van der Waals surface area contributed by atoms with Crippen molar-refractivity contribution in [2.75, 3.05) is 25.5 Å². The van der Waals surface area contributed by atoms with Gasteiger partial charge < -0.3 is 20.6 Å². The first kappa shape index (κ1) is 16.8. The van der Waals surface area contributed by atoms with Crippen molar-refractivity contribution in [1.29, 1.82) is 0 Å². The van der Waals surface area contributed by atoms with Gasteiger partial charge in [-0.1, -0.05) is 17.7 Å². The number of benzene rings is 1. The van der Waals surface area contributed by atoms with Crippen molar-refractivity contribution in [3.63, 3.8) is 0 Å². The van der Waals surface area contributed by atoms with Crippen LogP contribution in [0.25, 0.3) is 0 Å². The molecule has 1 aromatic rings. The van der Waals surface area contributed by atoms with Gasteiger partial charge in [0.2, 0.25) is 5.91 Å². The van der Waals surface area contributed by atoms with Crippen LogP contribution in [0.1, 0.15) is 17.3 Å². The van der Waals surface area contributed by atoms with Gasteiger partial charge in [0.25, 0.3) is 0 Å². The number of carboxylic acids is 1. The van der Waals surface area contributed by atoms with Gasteiger partial charge in [-0.15, -0.1) is 0 Å². The lowest BCUT2D eigenvalue weighted by molar-refractivity contribution is -0.121. The highest BCUT2D eigenvalue weighted by Crippen LogP contribution is 2.24. The molecule has 114 valence electrons. The number of rotatable bonds is 5. The van der Waals surface area contributed by atoms with Gasteiger partial charge in [-0.2, -0.15) is 0 Å². The standard InChI is InChI=1S/C13H16ClN3O4/c1-3-15-10(18)7-17(2)13(21)16-9-6-4-5-8(14)11(9)12(19)20/h4-6H,3,7H2,1-2H3,(H,15,18)(H,16,21)(H,19,20). The number of anilines is 1. The van der Waals surface area contributed by atoms with Crippen molar-refractivity contribution in [1.82, 2.24) is 10.2 Å². The Morgan fingerprint density at radius 2 is 2.00 bits per heavy atom. The zero-order valence-corrected chi connectivity index (χ0v) is 12.4. The van der Waals surface area contributed by atoms with E-state index in [-0.39, 0.29) is 28.7 Å². The molecule has 0 heterocycles.